The van der Waals surface area contributed by atoms with E-state index >= 15 is 0 Å². The van der Waals surface area contributed by atoms with Gasteiger partial charge in [-0.3, -0.25) is 0 Å². The van der Waals surface area contributed by atoms with Crippen LogP contribution in [0.15, 0.2) is 0 Å². The van der Waals surface area contributed by atoms with E-state index in [1.165, 1.54) is 6.42 Å². The molecule has 0 aromatic carbocycles. The third-order valence-corrected chi connectivity index (χ3v) is 1.96. The van der Waals surface area contributed by atoms with Crippen LogP contribution in [-0.4, -0.2) is 34.8 Å². The number of aliphatic hydroxyl groups is 1. The maximum Gasteiger partial charge on any atom is 2.00 e. The van der Waals surface area contributed by atoms with Gasteiger partial charge in [0.05, 0.1) is 0 Å². The molecule has 14 heavy (non-hydrogen) atoms. The molecule has 0 heterocycles. The number of aliphatic hydroxyl groups excluding tert-OH is 1. The summed E-state index contributed by atoms with van der Waals surface area (Å²) in [6.45, 7) is 2.48. The van der Waals surface area contributed by atoms with E-state index < -0.39 is 16.5 Å². The Morgan fingerprint density at radius 1 is 1.21 bits per heavy atom. The first-order valence-electron chi connectivity index (χ1n) is 3.62. The number of unbranched alkanes of at least 4 members (excludes halogenated alkanes) is 2. The molecule has 0 amide bonds. The van der Waals surface area contributed by atoms with Crippen molar-refractivity contribution in [1.29, 1.82) is 0 Å². The Hall–Kier alpha value is 0.806. The van der Waals surface area contributed by atoms with Crippen LogP contribution in [0.5, 0.6) is 0 Å². The van der Waals surface area contributed by atoms with Gasteiger partial charge in [0.1, 0.15) is 4.31 Å². The molecule has 0 aliphatic heterocycles. The predicted molar refractivity (Wildman–Crippen MR) is 48.7 cm³/mol. The first-order valence-corrected chi connectivity index (χ1v) is 5.81. The van der Waals surface area contributed by atoms with Crippen LogP contribution in [0.3, 0.4) is 0 Å². The number of rotatable bonds is 5. The monoisotopic (exact) mass is 254 g/mol. The van der Waals surface area contributed by atoms with E-state index in [1.54, 1.807) is 0 Å². The number of hydrogen-bond acceptors (Lipinski definition) is 6. The second-order valence-electron chi connectivity index (χ2n) is 1.96. The average Bonchev–Trinajstić information content (AvgIpc) is 1.99. The molecule has 2 unspecified atom stereocenters. The van der Waals surface area contributed by atoms with Crippen LogP contribution < -0.4 is 9.79 Å². The molecule has 2 atom stereocenters. The van der Waals surface area contributed by atoms with Crippen molar-refractivity contribution in [3.8, 4) is 0 Å². The summed E-state index contributed by atoms with van der Waals surface area (Å²) in [5.41, 5.74) is 0. The molecule has 9 heteroatoms. The van der Waals surface area contributed by atoms with E-state index in [2.05, 4.69) is 11.2 Å². The summed E-state index contributed by atoms with van der Waals surface area (Å²) in [7, 11) is -6.47. The Balaban J connectivity index is -0.000000163. The van der Waals surface area contributed by atoms with Crippen molar-refractivity contribution < 1.29 is 28.3 Å². The van der Waals surface area contributed by atoms with Gasteiger partial charge < -0.3 is 14.9 Å². The van der Waals surface area contributed by atoms with Crippen molar-refractivity contribution in [3.63, 3.8) is 0 Å². The van der Waals surface area contributed by atoms with Gasteiger partial charge in [0, 0.05) is 6.61 Å². The van der Waals surface area contributed by atoms with E-state index in [1.807, 2.05) is 0 Å². The minimum atomic E-state index is -3.24. The second-order valence-corrected chi connectivity index (χ2v) is 3.51. The maximum absolute atomic E-state index is 9.24. The van der Waals surface area contributed by atoms with Gasteiger partial charge in [-0.1, -0.05) is 19.8 Å². The SMILES string of the molecule is CCCCCO.O=[P+]([O-])O[P+](=O)[O-].[Mg+2]. The van der Waals surface area contributed by atoms with E-state index in [-0.39, 0.29) is 23.1 Å². The fourth-order valence-corrected chi connectivity index (χ4v) is 0.852. The van der Waals surface area contributed by atoms with Gasteiger partial charge in [-0.15, -0.1) is 0 Å². The molecule has 78 valence electrons. The topological polar surface area (TPSA) is 110 Å². The van der Waals surface area contributed by atoms with E-state index in [0.29, 0.717) is 6.61 Å². The van der Waals surface area contributed by atoms with Gasteiger partial charge >= 0.3 is 39.6 Å². The van der Waals surface area contributed by atoms with Crippen LogP contribution >= 0.6 is 16.5 Å². The summed E-state index contributed by atoms with van der Waals surface area (Å²) in [5.74, 6) is 0. The summed E-state index contributed by atoms with van der Waals surface area (Å²) in [4.78, 5) is 18.5. The Bertz CT molecular complexity index is 139. The van der Waals surface area contributed by atoms with E-state index in [9.17, 15) is 18.9 Å². The van der Waals surface area contributed by atoms with Crippen molar-refractivity contribution in [2.24, 2.45) is 0 Å². The van der Waals surface area contributed by atoms with Gasteiger partial charge in [0.15, 0.2) is 0 Å². The molecule has 0 aromatic heterocycles. The summed E-state index contributed by atoms with van der Waals surface area (Å²) < 4.78 is 21.6. The van der Waals surface area contributed by atoms with Gasteiger partial charge in [-0.05, 0) is 15.6 Å². The van der Waals surface area contributed by atoms with Crippen LogP contribution in [0.1, 0.15) is 26.2 Å². The Morgan fingerprint density at radius 3 is 1.71 bits per heavy atom. The summed E-state index contributed by atoms with van der Waals surface area (Å²) >= 11 is 0. The van der Waals surface area contributed by atoms with E-state index in [0.717, 1.165) is 12.8 Å². The predicted octanol–water partition coefficient (Wildman–Crippen LogP) is -0.174. The molecule has 0 spiro atoms. The molecule has 0 rings (SSSR count). The van der Waals surface area contributed by atoms with Gasteiger partial charge in [0.25, 0.3) is 0 Å². The first kappa shape index (κ1) is 20.2. The molecule has 0 fully saturated rings. The molecular weight excluding hydrogens is 242 g/mol. The quantitative estimate of drug-likeness (QED) is 0.414. The molecule has 6 nitrogen and oxygen atoms in total. The fraction of sp³-hybridized carbons (Fsp3) is 1.00. The van der Waals surface area contributed by atoms with Crippen molar-refractivity contribution in [3.05, 3.63) is 0 Å². The van der Waals surface area contributed by atoms with Gasteiger partial charge in [0.2, 0.25) is 0 Å². The minimum Gasteiger partial charge on any atom is -0.563 e. The summed E-state index contributed by atoms with van der Waals surface area (Å²) in [5, 5.41) is 8.20. The largest absolute Gasteiger partial charge is 2.00 e. The molecule has 0 aromatic rings. The summed E-state index contributed by atoms with van der Waals surface area (Å²) in [6, 6.07) is 0. The van der Waals surface area contributed by atoms with Crippen LogP contribution in [0.2, 0.25) is 0 Å². The van der Waals surface area contributed by atoms with Crippen molar-refractivity contribution >= 4 is 39.6 Å². The van der Waals surface area contributed by atoms with E-state index in [4.69, 9.17) is 5.11 Å². The van der Waals surface area contributed by atoms with Crippen molar-refractivity contribution in [2.45, 2.75) is 26.2 Å². The summed E-state index contributed by atoms with van der Waals surface area (Å²) in [6.07, 6.45) is 3.33. The minimum absolute atomic E-state index is 0. The smallest absolute Gasteiger partial charge is 0.563 e. The standard InChI is InChI=1S/C5H12O.Mg.O5P2/c1-2-3-4-5-6;;1-6(2)5-7(3)4/h6H,2-5H2,1H3;;/q;+2;. The van der Waals surface area contributed by atoms with Crippen LogP contribution in [-0.2, 0) is 13.4 Å². The van der Waals surface area contributed by atoms with Crippen LogP contribution in [0, 0.1) is 0 Å². The average molecular weight is 254 g/mol. The third kappa shape index (κ3) is 29.3. The molecule has 0 radical (unpaired) electrons. The molecule has 1 N–H and O–H groups in total. The molecular formula is C5H12MgO6P2+2. The van der Waals surface area contributed by atoms with Crippen LogP contribution in [0.25, 0.3) is 0 Å². The maximum atomic E-state index is 9.24. The normalized spacial score (nSPS) is 10.6. The van der Waals surface area contributed by atoms with Gasteiger partial charge in [-0.2, -0.15) is 0 Å². The third-order valence-electron chi connectivity index (χ3n) is 0.895. The Morgan fingerprint density at radius 2 is 1.64 bits per heavy atom. The van der Waals surface area contributed by atoms with Gasteiger partial charge in [-0.25, -0.2) is 0 Å². The molecule has 0 saturated carbocycles. The molecule has 0 aliphatic carbocycles. The van der Waals surface area contributed by atoms with Crippen molar-refractivity contribution in [2.75, 3.05) is 6.61 Å². The molecule has 0 aliphatic rings. The molecule has 0 saturated heterocycles. The zero-order valence-electron chi connectivity index (χ0n) is 7.92. The zero-order valence-corrected chi connectivity index (χ0v) is 11.1. The Labute approximate surface area is 101 Å². The second kappa shape index (κ2) is 16.2. The molecule has 0 bridgehead atoms. The van der Waals surface area contributed by atoms with Crippen molar-refractivity contribution in [1.82, 2.24) is 0 Å². The Kier molecular flexibility index (Phi) is 23.5. The number of hydrogen-bond donors (Lipinski definition) is 1. The first-order chi connectivity index (χ1) is 6.04. The fourth-order valence-electron chi connectivity index (χ4n) is 0.416. The zero-order chi connectivity index (χ0) is 10.7. The van der Waals surface area contributed by atoms with Crippen LogP contribution in [0.4, 0.5) is 0 Å².